The zero-order valence-corrected chi connectivity index (χ0v) is 13.0. The number of benzene rings is 1. The van der Waals surface area contributed by atoms with Crippen LogP contribution in [0.3, 0.4) is 0 Å². The minimum atomic E-state index is -0.682. The lowest BCUT2D eigenvalue weighted by Crippen LogP contribution is -2.39. The molecule has 120 valence electrons. The molecule has 1 unspecified atom stereocenters. The molecule has 1 saturated heterocycles. The van der Waals surface area contributed by atoms with Gasteiger partial charge < -0.3 is 15.4 Å². The summed E-state index contributed by atoms with van der Waals surface area (Å²) < 4.78 is 5.42. The Labute approximate surface area is 134 Å². The third kappa shape index (κ3) is 3.65. The number of nitrogens with zero attached hydrogens (tertiary/aromatic N) is 1. The fraction of sp³-hybridized carbons (Fsp3) is 0.353. The van der Waals surface area contributed by atoms with Crippen molar-refractivity contribution in [2.24, 2.45) is 0 Å². The molecule has 0 bridgehead atoms. The SMILES string of the molecule is Cc1cc(NC(=O)C(=O)NCC2CCCO2)c2ccccc2n1. The zero-order chi connectivity index (χ0) is 16.2. The van der Waals surface area contributed by atoms with E-state index in [9.17, 15) is 9.59 Å². The molecule has 6 nitrogen and oxygen atoms in total. The van der Waals surface area contributed by atoms with Crippen LogP contribution in [0.15, 0.2) is 30.3 Å². The Kier molecular flexibility index (Phi) is 4.52. The number of aryl methyl sites for hydroxylation is 1. The van der Waals surface area contributed by atoms with Crippen LogP contribution in [0.5, 0.6) is 0 Å². The van der Waals surface area contributed by atoms with E-state index in [2.05, 4.69) is 15.6 Å². The number of carbonyl (C=O) groups is 2. The van der Waals surface area contributed by atoms with Crippen LogP contribution in [0, 0.1) is 6.92 Å². The highest BCUT2D eigenvalue weighted by atomic mass is 16.5. The molecule has 2 N–H and O–H groups in total. The van der Waals surface area contributed by atoms with Crippen LogP contribution in [0.1, 0.15) is 18.5 Å². The van der Waals surface area contributed by atoms with Crippen molar-refractivity contribution in [1.29, 1.82) is 0 Å². The predicted molar refractivity (Wildman–Crippen MR) is 87.1 cm³/mol. The number of para-hydroxylation sites is 1. The van der Waals surface area contributed by atoms with E-state index in [-0.39, 0.29) is 6.10 Å². The van der Waals surface area contributed by atoms with Crippen LogP contribution < -0.4 is 10.6 Å². The molecule has 23 heavy (non-hydrogen) atoms. The number of hydrogen-bond acceptors (Lipinski definition) is 4. The van der Waals surface area contributed by atoms with E-state index >= 15 is 0 Å². The van der Waals surface area contributed by atoms with Gasteiger partial charge in [0.15, 0.2) is 0 Å². The Hall–Kier alpha value is -2.47. The molecule has 0 aliphatic carbocycles. The largest absolute Gasteiger partial charge is 0.376 e. The van der Waals surface area contributed by atoms with Crippen LogP contribution in [0.2, 0.25) is 0 Å². The Bertz CT molecular complexity index is 739. The number of rotatable bonds is 3. The Morgan fingerprint density at radius 3 is 2.91 bits per heavy atom. The van der Waals surface area contributed by atoms with Crippen molar-refractivity contribution in [1.82, 2.24) is 10.3 Å². The number of fused-ring (bicyclic) bond motifs is 1. The van der Waals surface area contributed by atoms with E-state index in [4.69, 9.17) is 4.74 Å². The Morgan fingerprint density at radius 2 is 2.13 bits per heavy atom. The van der Waals surface area contributed by atoms with Gasteiger partial charge in [0.05, 0.1) is 17.3 Å². The molecule has 1 aromatic heterocycles. The van der Waals surface area contributed by atoms with Crippen molar-refractivity contribution >= 4 is 28.4 Å². The van der Waals surface area contributed by atoms with Crippen LogP contribution in [-0.4, -0.2) is 36.1 Å². The number of nitrogens with one attached hydrogen (secondary N) is 2. The molecular formula is C17H19N3O3. The first-order valence-electron chi connectivity index (χ1n) is 7.70. The average Bonchev–Trinajstić information content (AvgIpc) is 3.05. The smallest absolute Gasteiger partial charge is 0.313 e. The molecule has 0 radical (unpaired) electrons. The third-order valence-corrected chi connectivity index (χ3v) is 3.81. The molecule has 6 heteroatoms. The van der Waals surface area contributed by atoms with Gasteiger partial charge in [0.25, 0.3) is 0 Å². The van der Waals surface area contributed by atoms with E-state index in [1.165, 1.54) is 0 Å². The van der Waals surface area contributed by atoms with Crippen molar-refractivity contribution in [3.05, 3.63) is 36.0 Å². The van der Waals surface area contributed by atoms with Crippen molar-refractivity contribution < 1.29 is 14.3 Å². The third-order valence-electron chi connectivity index (χ3n) is 3.81. The summed E-state index contributed by atoms with van der Waals surface area (Å²) in [5.74, 6) is -1.34. The number of carbonyl (C=O) groups excluding carboxylic acids is 2. The van der Waals surface area contributed by atoms with Crippen molar-refractivity contribution in [2.45, 2.75) is 25.9 Å². The molecule has 0 saturated carbocycles. The second-order valence-electron chi connectivity index (χ2n) is 5.63. The first-order chi connectivity index (χ1) is 11.1. The fourth-order valence-electron chi connectivity index (χ4n) is 2.68. The number of pyridine rings is 1. The first kappa shape index (κ1) is 15.4. The lowest BCUT2D eigenvalue weighted by atomic mass is 10.1. The summed E-state index contributed by atoms with van der Waals surface area (Å²) >= 11 is 0. The normalized spacial score (nSPS) is 17.2. The van der Waals surface area contributed by atoms with Gasteiger partial charge in [-0.05, 0) is 31.9 Å². The second kappa shape index (κ2) is 6.75. The Balaban J connectivity index is 1.68. The molecular weight excluding hydrogens is 294 g/mol. The summed E-state index contributed by atoms with van der Waals surface area (Å²) in [6, 6.07) is 9.24. The molecule has 1 aliphatic heterocycles. The van der Waals surface area contributed by atoms with E-state index < -0.39 is 11.8 Å². The lowest BCUT2D eigenvalue weighted by molar-refractivity contribution is -0.136. The van der Waals surface area contributed by atoms with Gasteiger partial charge in [-0.3, -0.25) is 14.6 Å². The maximum absolute atomic E-state index is 12.1. The van der Waals surface area contributed by atoms with Crippen LogP contribution in [0.4, 0.5) is 5.69 Å². The van der Waals surface area contributed by atoms with Gasteiger partial charge in [0, 0.05) is 24.2 Å². The molecule has 0 spiro atoms. The summed E-state index contributed by atoms with van der Waals surface area (Å²) in [5.41, 5.74) is 2.15. The molecule has 1 atom stereocenters. The summed E-state index contributed by atoms with van der Waals surface area (Å²) in [6.45, 7) is 2.93. The number of aromatic nitrogens is 1. The molecule has 1 aromatic carbocycles. The molecule has 1 aliphatic rings. The zero-order valence-electron chi connectivity index (χ0n) is 13.0. The number of anilines is 1. The lowest BCUT2D eigenvalue weighted by Gasteiger charge is -2.12. The maximum Gasteiger partial charge on any atom is 0.313 e. The summed E-state index contributed by atoms with van der Waals surface area (Å²) in [6.07, 6.45) is 1.92. The maximum atomic E-state index is 12.1. The summed E-state index contributed by atoms with van der Waals surface area (Å²) in [5, 5.41) is 6.09. The molecule has 3 rings (SSSR count). The summed E-state index contributed by atoms with van der Waals surface area (Å²) in [4.78, 5) is 28.4. The molecule has 1 fully saturated rings. The molecule has 2 amide bonds. The topological polar surface area (TPSA) is 80.3 Å². The van der Waals surface area contributed by atoms with E-state index in [0.29, 0.717) is 12.2 Å². The summed E-state index contributed by atoms with van der Waals surface area (Å²) in [7, 11) is 0. The Morgan fingerprint density at radius 1 is 1.30 bits per heavy atom. The second-order valence-corrected chi connectivity index (χ2v) is 5.63. The van der Waals surface area contributed by atoms with Gasteiger partial charge in [-0.25, -0.2) is 0 Å². The van der Waals surface area contributed by atoms with Crippen molar-refractivity contribution in [2.75, 3.05) is 18.5 Å². The predicted octanol–water partition coefficient (Wildman–Crippen LogP) is 1.78. The highest BCUT2D eigenvalue weighted by molar-refractivity contribution is 6.40. The first-order valence-corrected chi connectivity index (χ1v) is 7.70. The monoisotopic (exact) mass is 313 g/mol. The van der Waals surface area contributed by atoms with Crippen LogP contribution in [0.25, 0.3) is 10.9 Å². The minimum absolute atomic E-state index is 0.00995. The molecule has 2 heterocycles. The van der Waals surface area contributed by atoms with Gasteiger partial charge >= 0.3 is 11.8 Å². The van der Waals surface area contributed by atoms with Crippen molar-refractivity contribution in [3.8, 4) is 0 Å². The van der Waals surface area contributed by atoms with Crippen molar-refractivity contribution in [3.63, 3.8) is 0 Å². The highest BCUT2D eigenvalue weighted by Crippen LogP contribution is 2.22. The van der Waals surface area contributed by atoms with Crippen LogP contribution >= 0.6 is 0 Å². The van der Waals surface area contributed by atoms with Gasteiger partial charge in [-0.15, -0.1) is 0 Å². The van der Waals surface area contributed by atoms with E-state index in [1.807, 2.05) is 31.2 Å². The highest BCUT2D eigenvalue weighted by Gasteiger charge is 2.20. The quantitative estimate of drug-likeness (QED) is 0.847. The number of ether oxygens (including phenoxy) is 1. The van der Waals surface area contributed by atoms with Gasteiger partial charge in [0.1, 0.15) is 0 Å². The standard InChI is InChI=1S/C17H19N3O3/c1-11-9-15(13-6-2-3-7-14(13)19-11)20-17(22)16(21)18-10-12-5-4-8-23-12/h2-3,6-7,9,12H,4-5,8,10H2,1H3,(H,18,21)(H,19,20,22). The van der Waals surface area contributed by atoms with Gasteiger partial charge in [-0.1, -0.05) is 18.2 Å². The average molecular weight is 313 g/mol. The fourth-order valence-corrected chi connectivity index (χ4v) is 2.68. The molecule has 2 aromatic rings. The number of amides is 2. The van der Waals surface area contributed by atoms with Crippen LogP contribution in [-0.2, 0) is 14.3 Å². The van der Waals surface area contributed by atoms with E-state index in [0.717, 1.165) is 36.0 Å². The number of hydrogen-bond donors (Lipinski definition) is 2. The van der Waals surface area contributed by atoms with E-state index in [1.54, 1.807) is 6.07 Å². The van der Waals surface area contributed by atoms with Gasteiger partial charge in [0.2, 0.25) is 0 Å². The minimum Gasteiger partial charge on any atom is -0.376 e. The van der Waals surface area contributed by atoms with Gasteiger partial charge in [-0.2, -0.15) is 0 Å².